The minimum Gasteiger partial charge on any atom is -0.479 e. The van der Waals surface area contributed by atoms with Crippen molar-refractivity contribution < 1.29 is 9.53 Å². The molecule has 0 N–H and O–H groups in total. The molecule has 3 nitrogen and oxygen atoms in total. The fourth-order valence-corrected chi connectivity index (χ4v) is 2.35. The summed E-state index contributed by atoms with van der Waals surface area (Å²) in [6.07, 6.45) is -0.405. The van der Waals surface area contributed by atoms with Gasteiger partial charge in [0, 0.05) is 11.5 Å². The topological polar surface area (TPSA) is 29.5 Å². The first kappa shape index (κ1) is 11.5. The van der Waals surface area contributed by atoms with Crippen LogP contribution in [0.1, 0.15) is 18.1 Å². The van der Waals surface area contributed by atoms with Gasteiger partial charge < -0.3 is 9.64 Å². The number of rotatable bonds is 0. The van der Waals surface area contributed by atoms with Crippen molar-refractivity contribution in [2.24, 2.45) is 0 Å². The highest BCUT2D eigenvalue weighted by Gasteiger charge is 2.31. The number of anilines is 1. The van der Waals surface area contributed by atoms with E-state index in [0.717, 1.165) is 27.0 Å². The van der Waals surface area contributed by atoms with E-state index in [1.54, 1.807) is 18.9 Å². The van der Waals surface area contributed by atoms with E-state index in [1.165, 1.54) is 0 Å². The fraction of sp³-hybridized carbons (Fsp3) is 0.417. The van der Waals surface area contributed by atoms with Gasteiger partial charge in [-0.25, -0.2) is 0 Å². The lowest BCUT2D eigenvalue weighted by atomic mass is 10.1. The molecule has 2 rings (SSSR count). The highest BCUT2D eigenvalue weighted by atomic mass is 79.9. The maximum Gasteiger partial charge on any atom is 0.267 e. The van der Waals surface area contributed by atoms with E-state index >= 15 is 0 Å². The van der Waals surface area contributed by atoms with Crippen LogP contribution in [0.25, 0.3) is 0 Å². The molecular formula is C12H14BrNO2. The Morgan fingerprint density at radius 3 is 2.69 bits per heavy atom. The van der Waals surface area contributed by atoms with E-state index in [-0.39, 0.29) is 5.91 Å². The number of halogens is 1. The molecule has 1 aromatic carbocycles. The summed E-state index contributed by atoms with van der Waals surface area (Å²) in [6.45, 7) is 5.77. The summed E-state index contributed by atoms with van der Waals surface area (Å²) < 4.78 is 6.65. The van der Waals surface area contributed by atoms with Gasteiger partial charge >= 0.3 is 0 Å². The van der Waals surface area contributed by atoms with Crippen LogP contribution < -0.4 is 9.64 Å². The first-order valence-electron chi connectivity index (χ1n) is 5.17. The number of nitrogens with zero attached hydrogens (tertiary/aromatic N) is 1. The number of fused-ring (bicyclic) bond motifs is 1. The summed E-state index contributed by atoms with van der Waals surface area (Å²) in [4.78, 5) is 13.5. The zero-order valence-electron chi connectivity index (χ0n) is 9.80. The van der Waals surface area contributed by atoms with Gasteiger partial charge in [0.25, 0.3) is 5.91 Å². The van der Waals surface area contributed by atoms with E-state index in [2.05, 4.69) is 15.9 Å². The molecule has 0 bridgehead atoms. The summed E-state index contributed by atoms with van der Waals surface area (Å²) in [5, 5.41) is 0. The van der Waals surface area contributed by atoms with Crippen LogP contribution in [-0.4, -0.2) is 19.1 Å². The van der Waals surface area contributed by atoms with E-state index in [0.29, 0.717) is 0 Å². The maximum absolute atomic E-state index is 11.8. The third kappa shape index (κ3) is 1.52. The normalized spacial score (nSPS) is 19.4. The fourth-order valence-electron chi connectivity index (χ4n) is 2.04. The quantitative estimate of drug-likeness (QED) is 0.733. The van der Waals surface area contributed by atoms with Crippen LogP contribution in [0.5, 0.6) is 5.75 Å². The summed E-state index contributed by atoms with van der Waals surface area (Å²) in [7, 11) is 1.79. The Hall–Kier alpha value is -1.03. The molecule has 16 heavy (non-hydrogen) atoms. The molecule has 86 valence electrons. The predicted octanol–water partition coefficient (Wildman–Crippen LogP) is 2.81. The van der Waals surface area contributed by atoms with Crippen LogP contribution in [-0.2, 0) is 4.79 Å². The van der Waals surface area contributed by atoms with Gasteiger partial charge in [-0.05, 0) is 38.0 Å². The maximum atomic E-state index is 11.8. The number of amides is 1. The van der Waals surface area contributed by atoms with Crippen molar-refractivity contribution in [2.75, 3.05) is 11.9 Å². The number of carbonyl (C=O) groups excluding carboxylic acids is 1. The zero-order chi connectivity index (χ0) is 12.0. The molecule has 0 saturated carbocycles. The number of ether oxygens (including phenoxy) is 1. The Balaban J connectivity index is 2.67. The van der Waals surface area contributed by atoms with Crippen LogP contribution in [0.3, 0.4) is 0 Å². The Labute approximate surface area is 104 Å². The molecule has 1 unspecified atom stereocenters. The molecule has 1 amide bonds. The summed E-state index contributed by atoms with van der Waals surface area (Å²) in [5.74, 6) is 0.777. The molecule has 0 spiro atoms. The minimum atomic E-state index is -0.405. The molecule has 0 fully saturated rings. The molecule has 0 aromatic heterocycles. The van der Waals surface area contributed by atoms with Crippen molar-refractivity contribution in [3.63, 3.8) is 0 Å². The predicted molar refractivity (Wildman–Crippen MR) is 67.1 cm³/mol. The van der Waals surface area contributed by atoms with Gasteiger partial charge in [0.2, 0.25) is 0 Å². The zero-order valence-corrected chi connectivity index (χ0v) is 11.4. The van der Waals surface area contributed by atoms with Crippen molar-refractivity contribution in [3.05, 3.63) is 21.7 Å². The number of carbonyl (C=O) groups is 1. The van der Waals surface area contributed by atoms with Crippen molar-refractivity contribution in [1.29, 1.82) is 0 Å². The van der Waals surface area contributed by atoms with Gasteiger partial charge in [0.05, 0.1) is 5.69 Å². The molecule has 0 aliphatic carbocycles. The van der Waals surface area contributed by atoms with Crippen LogP contribution in [0.2, 0.25) is 0 Å². The van der Waals surface area contributed by atoms with Gasteiger partial charge in [-0.2, -0.15) is 0 Å². The Morgan fingerprint density at radius 1 is 1.44 bits per heavy atom. The second-order valence-corrected chi connectivity index (χ2v) is 4.93. The average molecular weight is 284 g/mol. The summed E-state index contributed by atoms with van der Waals surface area (Å²) in [5.41, 5.74) is 3.02. The van der Waals surface area contributed by atoms with Gasteiger partial charge in [0.1, 0.15) is 5.75 Å². The van der Waals surface area contributed by atoms with Crippen molar-refractivity contribution in [1.82, 2.24) is 0 Å². The van der Waals surface area contributed by atoms with Gasteiger partial charge in [-0.1, -0.05) is 15.9 Å². The second kappa shape index (κ2) is 3.77. The van der Waals surface area contributed by atoms with Crippen LogP contribution >= 0.6 is 15.9 Å². The molecule has 1 aromatic rings. The molecule has 0 saturated heterocycles. The molecule has 1 heterocycles. The summed E-state index contributed by atoms with van der Waals surface area (Å²) in [6, 6.07) is 1.96. The highest BCUT2D eigenvalue weighted by Crippen LogP contribution is 2.41. The smallest absolute Gasteiger partial charge is 0.267 e. The van der Waals surface area contributed by atoms with E-state index in [4.69, 9.17) is 4.74 Å². The monoisotopic (exact) mass is 283 g/mol. The number of aryl methyl sites for hydroxylation is 1. The van der Waals surface area contributed by atoms with Crippen LogP contribution in [0, 0.1) is 13.8 Å². The number of hydrogen-bond donors (Lipinski definition) is 0. The van der Waals surface area contributed by atoms with E-state index < -0.39 is 6.10 Å². The highest BCUT2D eigenvalue weighted by molar-refractivity contribution is 9.10. The standard InChI is InChI=1S/C12H14BrNO2/c1-6-5-9-11(7(2)10(6)13)14(4)12(15)8(3)16-9/h5,8H,1-4H3. The molecule has 1 atom stereocenters. The van der Waals surface area contributed by atoms with Gasteiger partial charge in [-0.3, -0.25) is 4.79 Å². The lowest BCUT2D eigenvalue weighted by Crippen LogP contribution is -2.42. The Morgan fingerprint density at radius 2 is 2.06 bits per heavy atom. The molecular weight excluding hydrogens is 270 g/mol. The molecule has 1 aliphatic heterocycles. The van der Waals surface area contributed by atoms with Gasteiger partial charge in [0.15, 0.2) is 6.10 Å². The van der Waals surface area contributed by atoms with Crippen molar-refractivity contribution in [2.45, 2.75) is 26.9 Å². The molecule has 1 aliphatic rings. The largest absolute Gasteiger partial charge is 0.479 e. The third-order valence-corrected chi connectivity index (χ3v) is 4.15. The van der Waals surface area contributed by atoms with Crippen LogP contribution in [0.4, 0.5) is 5.69 Å². The average Bonchev–Trinajstić information content (AvgIpc) is 2.23. The van der Waals surface area contributed by atoms with Gasteiger partial charge in [-0.15, -0.1) is 0 Å². The molecule has 4 heteroatoms. The first-order chi connectivity index (χ1) is 7.43. The van der Waals surface area contributed by atoms with E-state index in [1.807, 2.05) is 19.9 Å². The lowest BCUT2D eigenvalue weighted by Gasteiger charge is -2.32. The lowest BCUT2D eigenvalue weighted by molar-refractivity contribution is -0.125. The number of hydrogen-bond acceptors (Lipinski definition) is 2. The minimum absolute atomic E-state index is 0.00801. The number of benzene rings is 1. The SMILES string of the molecule is Cc1cc2c(c(C)c1Br)N(C)C(=O)C(C)O2. The van der Waals surface area contributed by atoms with E-state index in [9.17, 15) is 4.79 Å². The molecule has 0 radical (unpaired) electrons. The first-order valence-corrected chi connectivity index (χ1v) is 5.96. The van der Waals surface area contributed by atoms with Crippen molar-refractivity contribution in [3.8, 4) is 5.75 Å². The van der Waals surface area contributed by atoms with Crippen LogP contribution in [0.15, 0.2) is 10.5 Å². The summed E-state index contributed by atoms with van der Waals surface area (Å²) >= 11 is 3.53. The Kier molecular flexibility index (Phi) is 2.70. The second-order valence-electron chi connectivity index (χ2n) is 4.14. The van der Waals surface area contributed by atoms with Crippen molar-refractivity contribution >= 4 is 27.5 Å². The Bertz CT molecular complexity index is 471. The third-order valence-electron chi connectivity index (χ3n) is 2.93. The number of likely N-dealkylation sites (N-methyl/N-ethyl adjacent to an activating group) is 1.